The first kappa shape index (κ1) is 7.43. The minimum atomic E-state index is -0.169. The van der Waals surface area contributed by atoms with Gasteiger partial charge in [0.05, 0.1) is 0 Å². The van der Waals surface area contributed by atoms with E-state index in [2.05, 4.69) is 0 Å². The first-order valence-electron chi connectivity index (χ1n) is 2.65. The summed E-state index contributed by atoms with van der Waals surface area (Å²) in [6, 6.07) is 0. The van der Waals surface area contributed by atoms with Crippen molar-refractivity contribution < 1.29 is 9.90 Å². The zero-order valence-corrected chi connectivity index (χ0v) is 5.00. The average Bonchev–Trinajstić information content (AvgIpc) is 1.83. The molecule has 1 N–H and O–H groups in total. The van der Waals surface area contributed by atoms with E-state index in [9.17, 15) is 4.79 Å². The summed E-state index contributed by atoms with van der Waals surface area (Å²) < 4.78 is 0. The Hall–Kier alpha value is -0.570. The summed E-state index contributed by atoms with van der Waals surface area (Å²) >= 11 is 0. The fourth-order valence-corrected chi connectivity index (χ4v) is 0.444. The molecule has 0 atom stereocenters. The molecule has 0 fully saturated rings. The highest BCUT2D eigenvalue weighted by atomic mass is 16.3. The topological polar surface area (TPSA) is 40.5 Å². The molecule has 0 radical (unpaired) electrons. The maximum Gasteiger partial charge on any atom is 0.211 e. The maximum atomic E-state index is 9.89. The maximum absolute atomic E-state index is 9.89. The van der Waals surface area contributed by atoms with Gasteiger partial charge in [0.25, 0.3) is 0 Å². The van der Waals surface area contributed by atoms with Crippen molar-refractivity contribution in [2.45, 2.75) is 13.3 Å². The van der Waals surface area contributed by atoms with Crippen LogP contribution < -0.4 is 0 Å². The van der Waals surface area contributed by atoms with Crippen LogP contribution in [-0.4, -0.2) is 29.7 Å². The molecule has 0 aromatic rings. The van der Waals surface area contributed by atoms with E-state index in [1.807, 2.05) is 6.92 Å². The standard InChI is InChI=1S/C5H11NO2/c1-2-3-6(4-7)5-8/h4,8H,2-3,5H2,1H3. The molecule has 0 aromatic carbocycles. The lowest BCUT2D eigenvalue weighted by atomic mass is 10.5. The van der Waals surface area contributed by atoms with Gasteiger partial charge in [-0.3, -0.25) is 4.79 Å². The van der Waals surface area contributed by atoms with Crippen LogP contribution in [0.2, 0.25) is 0 Å². The Kier molecular flexibility index (Phi) is 4.26. The quantitative estimate of drug-likeness (QED) is 0.409. The van der Waals surface area contributed by atoms with Gasteiger partial charge in [-0.15, -0.1) is 0 Å². The molecule has 8 heavy (non-hydrogen) atoms. The van der Waals surface area contributed by atoms with Crippen molar-refractivity contribution in [2.24, 2.45) is 0 Å². The molecule has 3 heteroatoms. The van der Waals surface area contributed by atoms with E-state index in [1.54, 1.807) is 0 Å². The summed E-state index contributed by atoms with van der Waals surface area (Å²) in [4.78, 5) is 11.2. The molecule has 0 bridgehead atoms. The molecule has 0 aliphatic heterocycles. The van der Waals surface area contributed by atoms with E-state index in [-0.39, 0.29) is 6.73 Å². The molecular weight excluding hydrogens is 106 g/mol. The van der Waals surface area contributed by atoms with Crippen molar-refractivity contribution in [3.63, 3.8) is 0 Å². The highest BCUT2D eigenvalue weighted by Gasteiger charge is 1.92. The molecule has 48 valence electrons. The van der Waals surface area contributed by atoms with Crippen LogP contribution in [0.5, 0.6) is 0 Å². The minimum absolute atomic E-state index is 0.169. The third-order valence-electron chi connectivity index (χ3n) is 0.842. The molecule has 0 saturated heterocycles. The van der Waals surface area contributed by atoms with Crippen LogP contribution >= 0.6 is 0 Å². The number of nitrogens with zero attached hydrogens (tertiary/aromatic N) is 1. The second kappa shape index (κ2) is 4.59. The molecule has 0 saturated carbocycles. The molecule has 0 aliphatic carbocycles. The Morgan fingerprint density at radius 2 is 2.38 bits per heavy atom. The SMILES string of the molecule is CCCN(C=O)CO. The molecule has 0 rings (SSSR count). The number of rotatable bonds is 4. The molecule has 3 nitrogen and oxygen atoms in total. The Bertz CT molecular complexity index is 65.4. The van der Waals surface area contributed by atoms with E-state index >= 15 is 0 Å². The summed E-state index contributed by atoms with van der Waals surface area (Å²) in [7, 11) is 0. The van der Waals surface area contributed by atoms with Gasteiger partial charge in [-0.05, 0) is 6.42 Å². The van der Waals surface area contributed by atoms with Gasteiger partial charge in [-0.25, -0.2) is 0 Å². The largest absolute Gasteiger partial charge is 0.376 e. The molecule has 0 heterocycles. The number of aliphatic hydroxyl groups excluding tert-OH is 1. The van der Waals surface area contributed by atoms with Gasteiger partial charge in [-0.2, -0.15) is 0 Å². The van der Waals surface area contributed by atoms with Gasteiger partial charge in [0.15, 0.2) is 0 Å². The van der Waals surface area contributed by atoms with Crippen molar-refractivity contribution in [2.75, 3.05) is 13.3 Å². The van der Waals surface area contributed by atoms with Crippen molar-refractivity contribution in [1.29, 1.82) is 0 Å². The van der Waals surface area contributed by atoms with E-state index in [0.29, 0.717) is 13.0 Å². The van der Waals surface area contributed by atoms with Gasteiger partial charge in [-0.1, -0.05) is 6.92 Å². The first-order chi connectivity index (χ1) is 3.85. The Morgan fingerprint density at radius 1 is 1.75 bits per heavy atom. The van der Waals surface area contributed by atoms with Gasteiger partial charge < -0.3 is 10.0 Å². The highest BCUT2D eigenvalue weighted by molar-refractivity contribution is 5.46. The lowest BCUT2D eigenvalue weighted by Crippen LogP contribution is -2.23. The predicted octanol–water partition coefficient (Wildman–Crippen LogP) is -0.195. The molecule has 1 amide bonds. The lowest BCUT2D eigenvalue weighted by Gasteiger charge is -2.10. The first-order valence-corrected chi connectivity index (χ1v) is 2.65. The van der Waals surface area contributed by atoms with Crippen LogP contribution in [0.25, 0.3) is 0 Å². The summed E-state index contributed by atoms with van der Waals surface area (Å²) in [6.45, 7) is 2.42. The van der Waals surface area contributed by atoms with Crippen LogP contribution in [0.4, 0.5) is 0 Å². The summed E-state index contributed by atoms with van der Waals surface area (Å²) in [5, 5.41) is 8.35. The second-order valence-corrected chi connectivity index (χ2v) is 1.56. The molecule has 0 unspecified atom stereocenters. The third-order valence-corrected chi connectivity index (χ3v) is 0.842. The molecule has 0 aliphatic rings. The Balaban J connectivity index is 3.21. The highest BCUT2D eigenvalue weighted by Crippen LogP contribution is 1.81. The van der Waals surface area contributed by atoms with Gasteiger partial charge in [0.2, 0.25) is 6.41 Å². The van der Waals surface area contributed by atoms with Gasteiger partial charge in [0, 0.05) is 6.54 Å². The fourth-order valence-electron chi connectivity index (χ4n) is 0.444. The predicted molar refractivity (Wildman–Crippen MR) is 30.1 cm³/mol. The van der Waals surface area contributed by atoms with Crippen molar-refractivity contribution >= 4 is 6.41 Å². The molecule has 0 aromatic heterocycles. The monoisotopic (exact) mass is 117 g/mol. The zero-order valence-electron chi connectivity index (χ0n) is 5.00. The van der Waals surface area contributed by atoms with Crippen molar-refractivity contribution in [3.8, 4) is 0 Å². The fraction of sp³-hybridized carbons (Fsp3) is 0.800. The summed E-state index contributed by atoms with van der Waals surface area (Å²) in [5.74, 6) is 0. The van der Waals surface area contributed by atoms with Crippen LogP contribution in [0.15, 0.2) is 0 Å². The average molecular weight is 117 g/mol. The number of hydrogen-bond donors (Lipinski definition) is 1. The van der Waals surface area contributed by atoms with Gasteiger partial charge >= 0.3 is 0 Å². The van der Waals surface area contributed by atoms with E-state index in [0.717, 1.165) is 6.42 Å². The minimum Gasteiger partial charge on any atom is -0.376 e. The zero-order chi connectivity index (χ0) is 6.41. The number of amides is 1. The van der Waals surface area contributed by atoms with E-state index < -0.39 is 0 Å². The van der Waals surface area contributed by atoms with Crippen LogP contribution in [-0.2, 0) is 4.79 Å². The van der Waals surface area contributed by atoms with Crippen molar-refractivity contribution in [3.05, 3.63) is 0 Å². The Morgan fingerprint density at radius 3 is 2.50 bits per heavy atom. The van der Waals surface area contributed by atoms with Crippen molar-refractivity contribution in [1.82, 2.24) is 4.90 Å². The third kappa shape index (κ3) is 2.58. The number of aliphatic hydroxyl groups is 1. The summed E-state index contributed by atoms with van der Waals surface area (Å²) in [5.41, 5.74) is 0. The Labute approximate surface area is 48.9 Å². The van der Waals surface area contributed by atoms with Crippen LogP contribution in [0.3, 0.4) is 0 Å². The van der Waals surface area contributed by atoms with E-state index in [4.69, 9.17) is 5.11 Å². The lowest BCUT2D eigenvalue weighted by molar-refractivity contribution is -0.121. The number of carbonyl (C=O) groups is 1. The summed E-state index contributed by atoms with van der Waals surface area (Å²) in [6.07, 6.45) is 1.53. The van der Waals surface area contributed by atoms with Crippen LogP contribution in [0, 0.1) is 0 Å². The second-order valence-electron chi connectivity index (χ2n) is 1.56. The molecule has 0 spiro atoms. The number of carbonyl (C=O) groups excluding carboxylic acids is 1. The number of hydrogen-bond acceptors (Lipinski definition) is 2. The molecular formula is C5H11NO2. The van der Waals surface area contributed by atoms with E-state index in [1.165, 1.54) is 4.90 Å². The van der Waals surface area contributed by atoms with Crippen LogP contribution in [0.1, 0.15) is 13.3 Å². The normalized spacial score (nSPS) is 8.75. The smallest absolute Gasteiger partial charge is 0.211 e. The van der Waals surface area contributed by atoms with Gasteiger partial charge in [0.1, 0.15) is 6.73 Å².